The predicted octanol–water partition coefficient (Wildman–Crippen LogP) is 3.86. The van der Waals surface area contributed by atoms with E-state index in [9.17, 15) is 0 Å². The van der Waals surface area contributed by atoms with Crippen LogP contribution in [-0.4, -0.2) is 0 Å². The van der Waals surface area contributed by atoms with Crippen LogP contribution in [0.1, 0.15) is 16.7 Å². The fourth-order valence-corrected chi connectivity index (χ4v) is 1.90. The summed E-state index contributed by atoms with van der Waals surface area (Å²) in [7, 11) is 0. The monoisotopic (exact) mass is 211 g/mol. The molecule has 2 aromatic carbocycles. The first kappa shape index (κ1) is 10.7. The average molecular weight is 211 g/mol. The lowest BCUT2D eigenvalue weighted by Gasteiger charge is -2.07. The SMILES string of the molecule is Cc1cc(N)cc(-c2ccc(C)c(C)c2)c1. The Morgan fingerprint density at radius 3 is 2.12 bits per heavy atom. The smallest absolute Gasteiger partial charge is 0.0322 e. The Labute approximate surface area is 96.9 Å². The van der Waals surface area contributed by atoms with E-state index in [4.69, 9.17) is 5.73 Å². The molecule has 0 saturated carbocycles. The van der Waals surface area contributed by atoms with Gasteiger partial charge in [-0.2, -0.15) is 0 Å². The zero-order chi connectivity index (χ0) is 11.7. The summed E-state index contributed by atoms with van der Waals surface area (Å²) in [5, 5.41) is 0. The predicted molar refractivity (Wildman–Crippen MR) is 70.5 cm³/mol. The van der Waals surface area contributed by atoms with Crippen molar-refractivity contribution >= 4 is 5.69 Å². The van der Waals surface area contributed by atoms with E-state index in [0.29, 0.717) is 0 Å². The maximum Gasteiger partial charge on any atom is 0.0322 e. The molecule has 0 unspecified atom stereocenters. The summed E-state index contributed by atoms with van der Waals surface area (Å²) in [4.78, 5) is 0. The van der Waals surface area contributed by atoms with E-state index < -0.39 is 0 Å². The van der Waals surface area contributed by atoms with Crippen molar-refractivity contribution in [1.82, 2.24) is 0 Å². The van der Waals surface area contributed by atoms with Gasteiger partial charge in [0.05, 0.1) is 0 Å². The van der Waals surface area contributed by atoms with Crippen LogP contribution in [-0.2, 0) is 0 Å². The maximum absolute atomic E-state index is 5.86. The highest BCUT2D eigenvalue weighted by atomic mass is 14.5. The summed E-state index contributed by atoms with van der Waals surface area (Å²) < 4.78 is 0. The van der Waals surface area contributed by atoms with Crippen LogP contribution in [0.15, 0.2) is 36.4 Å². The van der Waals surface area contributed by atoms with Crippen molar-refractivity contribution in [2.45, 2.75) is 20.8 Å². The number of rotatable bonds is 1. The van der Waals surface area contributed by atoms with E-state index >= 15 is 0 Å². The van der Waals surface area contributed by atoms with Crippen molar-refractivity contribution in [3.8, 4) is 11.1 Å². The third-order valence-corrected chi connectivity index (χ3v) is 2.94. The number of hydrogen-bond acceptors (Lipinski definition) is 1. The molecular weight excluding hydrogens is 194 g/mol. The molecule has 0 radical (unpaired) electrons. The Hall–Kier alpha value is -1.76. The van der Waals surface area contributed by atoms with Gasteiger partial charge >= 0.3 is 0 Å². The largest absolute Gasteiger partial charge is 0.399 e. The van der Waals surface area contributed by atoms with E-state index in [2.05, 4.69) is 45.0 Å². The number of benzene rings is 2. The lowest BCUT2D eigenvalue weighted by molar-refractivity contribution is 1.34. The van der Waals surface area contributed by atoms with Crippen LogP contribution in [0.4, 0.5) is 5.69 Å². The van der Waals surface area contributed by atoms with Gasteiger partial charge in [0.15, 0.2) is 0 Å². The summed E-state index contributed by atoms with van der Waals surface area (Å²) in [5.41, 5.74) is 13.0. The topological polar surface area (TPSA) is 26.0 Å². The van der Waals surface area contributed by atoms with Gasteiger partial charge in [-0.15, -0.1) is 0 Å². The molecule has 0 aliphatic rings. The third-order valence-electron chi connectivity index (χ3n) is 2.94. The molecule has 0 saturated heterocycles. The minimum Gasteiger partial charge on any atom is -0.399 e. The maximum atomic E-state index is 5.86. The molecule has 0 aliphatic heterocycles. The van der Waals surface area contributed by atoms with Gasteiger partial charge in [-0.1, -0.05) is 24.3 Å². The molecule has 0 aromatic heterocycles. The molecule has 0 spiro atoms. The fourth-order valence-electron chi connectivity index (χ4n) is 1.90. The number of hydrogen-bond donors (Lipinski definition) is 1. The van der Waals surface area contributed by atoms with Crippen LogP contribution in [0.25, 0.3) is 11.1 Å². The molecule has 2 aromatic rings. The van der Waals surface area contributed by atoms with Crippen LogP contribution in [0, 0.1) is 20.8 Å². The van der Waals surface area contributed by atoms with Crippen molar-refractivity contribution < 1.29 is 0 Å². The second-order valence-electron chi connectivity index (χ2n) is 4.43. The normalized spacial score (nSPS) is 10.4. The summed E-state index contributed by atoms with van der Waals surface area (Å²) >= 11 is 0. The molecule has 0 bridgehead atoms. The van der Waals surface area contributed by atoms with Gasteiger partial charge in [-0.3, -0.25) is 0 Å². The van der Waals surface area contributed by atoms with Gasteiger partial charge in [-0.25, -0.2) is 0 Å². The molecule has 1 nitrogen and oxygen atoms in total. The van der Waals surface area contributed by atoms with Gasteiger partial charge in [0.25, 0.3) is 0 Å². The number of aryl methyl sites for hydroxylation is 3. The molecule has 0 amide bonds. The van der Waals surface area contributed by atoms with Crippen LogP contribution >= 0.6 is 0 Å². The van der Waals surface area contributed by atoms with Gasteiger partial charge < -0.3 is 5.73 Å². The summed E-state index contributed by atoms with van der Waals surface area (Å²) in [6.45, 7) is 6.34. The van der Waals surface area contributed by atoms with Gasteiger partial charge in [0.2, 0.25) is 0 Å². The molecule has 0 heterocycles. The Morgan fingerprint density at radius 2 is 1.50 bits per heavy atom. The quantitative estimate of drug-likeness (QED) is 0.712. The first-order valence-corrected chi connectivity index (χ1v) is 5.51. The lowest BCUT2D eigenvalue weighted by Crippen LogP contribution is -1.89. The van der Waals surface area contributed by atoms with Crippen LogP contribution in [0.5, 0.6) is 0 Å². The Balaban J connectivity index is 2.54. The summed E-state index contributed by atoms with van der Waals surface area (Å²) in [6.07, 6.45) is 0. The summed E-state index contributed by atoms with van der Waals surface area (Å²) in [5.74, 6) is 0. The standard InChI is InChI=1S/C15H17N/c1-10-6-14(9-15(16)7-10)13-5-4-11(2)12(3)8-13/h4-9H,16H2,1-3H3. The van der Waals surface area contributed by atoms with Gasteiger partial charge in [-0.05, 0) is 60.7 Å². The van der Waals surface area contributed by atoms with Gasteiger partial charge in [0.1, 0.15) is 0 Å². The molecular formula is C15H17N. The molecule has 2 rings (SSSR count). The van der Waals surface area contributed by atoms with Crippen molar-refractivity contribution in [2.75, 3.05) is 5.73 Å². The zero-order valence-corrected chi connectivity index (χ0v) is 10.0. The van der Waals surface area contributed by atoms with Crippen molar-refractivity contribution in [2.24, 2.45) is 0 Å². The van der Waals surface area contributed by atoms with Crippen LogP contribution < -0.4 is 5.73 Å². The zero-order valence-electron chi connectivity index (χ0n) is 10.0. The van der Waals surface area contributed by atoms with E-state index in [0.717, 1.165) is 5.69 Å². The van der Waals surface area contributed by atoms with Gasteiger partial charge in [0, 0.05) is 5.69 Å². The second-order valence-corrected chi connectivity index (χ2v) is 4.43. The first-order chi connectivity index (χ1) is 7.56. The van der Waals surface area contributed by atoms with E-state index in [1.807, 2.05) is 12.1 Å². The van der Waals surface area contributed by atoms with Crippen LogP contribution in [0.3, 0.4) is 0 Å². The minimum atomic E-state index is 0.827. The third kappa shape index (κ3) is 2.08. The lowest BCUT2D eigenvalue weighted by atomic mass is 9.99. The molecule has 0 fully saturated rings. The van der Waals surface area contributed by atoms with E-state index in [1.165, 1.54) is 27.8 Å². The number of nitrogen functional groups attached to an aromatic ring is 1. The van der Waals surface area contributed by atoms with E-state index in [-0.39, 0.29) is 0 Å². The highest BCUT2D eigenvalue weighted by molar-refractivity contribution is 5.69. The number of nitrogens with two attached hydrogens (primary N) is 1. The van der Waals surface area contributed by atoms with E-state index in [1.54, 1.807) is 0 Å². The minimum absolute atomic E-state index is 0.827. The molecule has 16 heavy (non-hydrogen) atoms. The van der Waals surface area contributed by atoms with Crippen molar-refractivity contribution in [1.29, 1.82) is 0 Å². The molecule has 2 N–H and O–H groups in total. The van der Waals surface area contributed by atoms with Crippen molar-refractivity contribution in [3.63, 3.8) is 0 Å². The first-order valence-electron chi connectivity index (χ1n) is 5.51. The molecule has 0 atom stereocenters. The fraction of sp³-hybridized carbons (Fsp3) is 0.200. The summed E-state index contributed by atoms with van der Waals surface area (Å²) in [6, 6.07) is 12.7. The molecule has 1 heteroatoms. The number of anilines is 1. The highest BCUT2D eigenvalue weighted by Gasteiger charge is 2.01. The molecule has 82 valence electrons. The Kier molecular flexibility index (Phi) is 2.69. The van der Waals surface area contributed by atoms with Crippen LogP contribution in [0.2, 0.25) is 0 Å². The highest BCUT2D eigenvalue weighted by Crippen LogP contribution is 2.25. The Bertz CT molecular complexity index is 507. The second kappa shape index (κ2) is 4.01. The Morgan fingerprint density at radius 1 is 0.750 bits per heavy atom. The van der Waals surface area contributed by atoms with Crippen molar-refractivity contribution in [3.05, 3.63) is 53.1 Å². The molecule has 0 aliphatic carbocycles. The average Bonchev–Trinajstić information content (AvgIpc) is 2.20.